The van der Waals surface area contributed by atoms with Gasteiger partial charge in [0.05, 0.1) is 5.56 Å². The van der Waals surface area contributed by atoms with Crippen molar-refractivity contribution in [1.82, 2.24) is 10.1 Å². The SMILES string of the molecule is CC(=O)Nc1sc2c(c1C(=O)OCc1nc(-c3ccccc3)no1)CCCC2. The molecule has 2 heterocycles. The molecule has 2 aromatic heterocycles. The summed E-state index contributed by atoms with van der Waals surface area (Å²) in [5.74, 6) is -0.0319. The van der Waals surface area contributed by atoms with Crippen molar-refractivity contribution < 1.29 is 18.8 Å². The first-order chi connectivity index (χ1) is 13.6. The first-order valence-corrected chi connectivity index (χ1v) is 9.90. The van der Waals surface area contributed by atoms with Gasteiger partial charge >= 0.3 is 5.97 Å². The van der Waals surface area contributed by atoms with E-state index in [-0.39, 0.29) is 18.4 Å². The van der Waals surface area contributed by atoms with Crippen molar-refractivity contribution in [3.8, 4) is 11.4 Å². The van der Waals surface area contributed by atoms with Gasteiger partial charge in [-0.25, -0.2) is 4.79 Å². The molecule has 3 aromatic rings. The topological polar surface area (TPSA) is 94.3 Å². The van der Waals surface area contributed by atoms with E-state index in [2.05, 4.69) is 15.5 Å². The molecule has 0 aliphatic heterocycles. The average molecular weight is 397 g/mol. The Morgan fingerprint density at radius 2 is 2.00 bits per heavy atom. The number of rotatable bonds is 5. The van der Waals surface area contributed by atoms with Gasteiger partial charge in [-0.2, -0.15) is 4.98 Å². The first-order valence-electron chi connectivity index (χ1n) is 9.09. The zero-order valence-corrected chi connectivity index (χ0v) is 16.2. The highest BCUT2D eigenvalue weighted by Gasteiger charge is 2.27. The maximum atomic E-state index is 12.8. The predicted molar refractivity (Wildman–Crippen MR) is 104 cm³/mol. The molecule has 0 saturated carbocycles. The molecule has 0 saturated heterocycles. The number of fused-ring (bicyclic) bond motifs is 1. The molecule has 8 heteroatoms. The van der Waals surface area contributed by atoms with Crippen LogP contribution in [0, 0.1) is 0 Å². The Bertz CT molecular complexity index is 1010. The van der Waals surface area contributed by atoms with E-state index < -0.39 is 5.97 Å². The van der Waals surface area contributed by atoms with Crippen LogP contribution in [-0.4, -0.2) is 22.0 Å². The van der Waals surface area contributed by atoms with Crippen molar-refractivity contribution in [2.24, 2.45) is 0 Å². The van der Waals surface area contributed by atoms with E-state index in [1.165, 1.54) is 18.3 Å². The highest BCUT2D eigenvalue weighted by molar-refractivity contribution is 7.17. The maximum Gasteiger partial charge on any atom is 0.341 e. The van der Waals surface area contributed by atoms with Gasteiger partial charge in [0.1, 0.15) is 5.00 Å². The van der Waals surface area contributed by atoms with Gasteiger partial charge in [-0.3, -0.25) is 4.79 Å². The van der Waals surface area contributed by atoms with Crippen molar-refractivity contribution in [1.29, 1.82) is 0 Å². The molecule has 7 nitrogen and oxygen atoms in total. The van der Waals surface area contributed by atoms with Gasteiger partial charge in [-0.1, -0.05) is 35.5 Å². The minimum Gasteiger partial charge on any atom is -0.452 e. The molecular weight excluding hydrogens is 378 g/mol. The normalized spacial score (nSPS) is 13.0. The Labute approximate surface area is 165 Å². The minimum absolute atomic E-state index is 0.122. The molecule has 0 atom stereocenters. The molecule has 0 spiro atoms. The monoisotopic (exact) mass is 397 g/mol. The van der Waals surface area contributed by atoms with Crippen molar-refractivity contribution >= 4 is 28.2 Å². The molecule has 4 rings (SSSR count). The van der Waals surface area contributed by atoms with Crippen molar-refractivity contribution in [3.05, 3.63) is 52.2 Å². The van der Waals surface area contributed by atoms with Crippen molar-refractivity contribution in [2.45, 2.75) is 39.2 Å². The van der Waals surface area contributed by atoms with Crippen LogP contribution in [0.2, 0.25) is 0 Å². The fourth-order valence-electron chi connectivity index (χ4n) is 3.25. The van der Waals surface area contributed by atoms with Gasteiger partial charge in [0.25, 0.3) is 5.89 Å². The van der Waals surface area contributed by atoms with Crippen LogP contribution in [0.5, 0.6) is 0 Å². The summed E-state index contributed by atoms with van der Waals surface area (Å²) in [4.78, 5) is 29.7. The van der Waals surface area contributed by atoms with E-state index >= 15 is 0 Å². The van der Waals surface area contributed by atoms with E-state index in [0.29, 0.717) is 16.4 Å². The number of nitrogens with zero attached hydrogens (tertiary/aromatic N) is 2. The number of thiophene rings is 1. The number of ether oxygens (including phenoxy) is 1. The number of aromatic nitrogens is 2. The van der Waals surface area contributed by atoms with Gasteiger partial charge < -0.3 is 14.6 Å². The Morgan fingerprint density at radius 1 is 1.21 bits per heavy atom. The van der Waals surface area contributed by atoms with E-state index in [1.54, 1.807) is 0 Å². The third kappa shape index (κ3) is 3.82. The fourth-order valence-corrected chi connectivity index (χ4v) is 4.57. The Kier molecular flexibility index (Phi) is 5.21. The number of hydrogen-bond acceptors (Lipinski definition) is 7. The Balaban J connectivity index is 1.50. The summed E-state index contributed by atoms with van der Waals surface area (Å²) in [6.45, 7) is 1.31. The third-order valence-electron chi connectivity index (χ3n) is 4.49. The highest BCUT2D eigenvalue weighted by Crippen LogP contribution is 2.38. The standard InChI is InChI=1S/C20H19N3O4S/c1-12(24)21-19-17(14-9-5-6-10-15(14)28-19)20(25)26-11-16-22-18(23-27-16)13-7-3-2-4-8-13/h2-4,7-8H,5-6,9-11H2,1H3,(H,21,24). The summed E-state index contributed by atoms with van der Waals surface area (Å²) in [5, 5.41) is 7.24. The molecule has 1 aromatic carbocycles. The maximum absolute atomic E-state index is 12.8. The van der Waals surface area contributed by atoms with E-state index in [4.69, 9.17) is 9.26 Å². The second-order valence-electron chi connectivity index (χ2n) is 6.55. The highest BCUT2D eigenvalue weighted by atomic mass is 32.1. The van der Waals surface area contributed by atoms with Crippen molar-refractivity contribution in [3.63, 3.8) is 0 Å². The summed E-state index contributed by atoms with van der Waals surface area (Å²) in [7, 11) is 0. The molecule has 0 bridgehead atoms. The number of hydrogen-bond donors (Lipinski definition) is 1. The van der Waals surface area contributed by atoms with Crippen LogP contribution in [0.1, 0.15) is 46.5 Å². The lowest BCUT2D eigenvalue weighted by Gasteiger charge is -2.12. The largest absolute Gasteiger partial charge is 0.452 e. The average Bonchev–Trinajstić information content (AvgIpc) is 3.30. The van der Waals surface area contributed by atoms with E-state index in [0.717, 1.165) is 41.7 Å². The smallest absolute Gasteiger partial charge is 0.341 e. The number of amides is 1. The molecule has 1 aliphatic carbocycles. The number of anilines is 1. The number of nitrogens with one attached hydrogen (secondary N) is 1. The van der Waals surface area contributed by atoms with Gasteiger partial charge in [0.15, 0.2) is 6.61 Å². The van der Waals surface area contributed by atoms with Crippen LogP contribution in [0.3, 0.4) is 0 Å². The van der Waals surface area contributed by atoms with Crippen LogP contribution in [0.4, 0.5) is 5.00 Å². The first kappa shape index (κ1) is 18.4. The van der Waals surface area contributed by atoms with Crippen molar-refractivity contribution in [2.75, 3.05) is 5.32 Å². The predicted octanol–water partition coefficient (Wildman–Crippen LogP) is 3.99. The van der Waals surface area contributed by atoms with Crippen LogP contribution >= 0.6 is 11.3 Å². The summed E-state index contributed by atoms with van der Waals surface area (Å²) in [5.41, 5.74) is 2.27. The second kappa shape index (κ2) is 7.93. The number of carbonyl (C=O) groups is 2. The van der Waals surface area contributed by atoms with Crippen LogP contribution in [0.15, 0.2) is 34.9 Å². The fraction of sp³-hybridized carbons (Fsp3) is 0.300. The molecule has 0 unspecified atom stereocenters. The molecule has 1 amide bonds. The summed E-state index contributed by atoms with van der Waals surface area (Å²) in [6, 6.07) is 9.42. The molecule has 1 N–H and O–H groups in total. The number of aryl methyl sites for hydroxylation is 1. The lowest BCUT2D eigenvalue weighted by atomic mass is 9.95. The van der Waals surface area contributed by atoms with Crippen LogP contribution < -0.4 is 5.32 Å². The van der Waals surface area contributed by atoms with Gasteiger partial charge in [-0.05, 0) is 31.2 Å². The lowest BCUT2D eigenvalue weighted by molar-refractivity contribution is -0.114. The van der Waals surface area contributed by atoms with Crippen LogP contribution in [0.25, 0.3) is 11.4 Å². The molecule has 144 valence electrons. The number of benzene rings is 1. The quantitative estimate of drug-likeness (QED) is 0.654. The molecule has 0 fully saturated rings. The lowest BCUT2D eigenvalue weighted by Crippen LogP contribution is -2.13. The van der Waals surface area contributed by atoms with E-state index in [9.17, 15) is 9.59 Å². The third-order valence-corrected chi connectivity index (χ3v) is 5.70. The van der Waals surface area contributed by atoms with Crippen LogP contribution in [-0.2, 0) is 29.0 Å². The number of carbonyl (C=O) groups excluding carboxylic acids is 2. The summed E-state index contributed by atoms with van der Waals surface area (Å²) < 4.78 is 10.6. The van der Waals surface area contributed by atoms with Gasteiger partial charge in [0, 0.05) is 17.4 Å². The minimum atomic E-state index is -0.484. The molecule has 0 radical (unpaired) electrons. The zero-order chi connectivity index (χ0) is 19.5. The summed E-state index contributed by atoms with van der Waals surface area (Å²) >= 11 is 1.46. The Hall–Kier alpha value is -3.00. The molecule has 28 heavy (non-hydrogen) atoms. The molecular formula is C20H19N3O4S. The van der Waals surface area contributed by atoms with Gasteiger partial charge in [-0.15, -0.1) is 11.3 Å². The van der Waals surface area contributed by atoms with Gasteiger partial charge in [0.2, 0.25) is 11.7 Å². The summed E-state index contributed by atoms with van der Waals surface area (Å²) in [6.07, 6.45) is 3.85. The molecule has 1 aliphatic rings. The zero-order valence-electron chi connectivity index (χ0n) is 15.4. The second-order valence-corrected chi connectivity index (χ2v) is 7.66. The number of esters is 1. The van der Waals surface area contributed by atoms with E-state index in [1.807, 2.05) is 30.3 Å². The Morgan fingerprint density at radius 3 is 2.79 bits per heavy atom.